The van der Waals surface area contributed by atoms with E-state index in [1.807, 2.05) is 36.4 Å². The number of benzene rings is 3. The van der Waals surface area contributed by atoms with Crippen molar-refractivity contribution in [1.29, 1.82) is 0 Å². The first-order chi connectivity index (χ1) is 21.1. The Morgan fingerprint density at radius 1 is 1.05 bits per heavy atom. The van der Waals surface area contributed by atoms with Crippen LogP contribution in [0.5, 0.6) is 5.75 Å². The van der Waals surface area contributed by atoms with Gasteiger partial charge in [0.25, 0.3) is 0 Å². The molecular formula is C32H31F3N6O2S. The molecule has 2 amide bonds. The molecule has 0 atom stereocenters. The third kappa shape index (κ3) is 7.93. The van der Waals surface area contributed by atoms with E-state index in [0.717, 1.165) is 35.5 Å². The second kappa shape index (κ2) is 13.5. The van der Waals surface area contributed by atoms with Gasteiger partial charge in [-0.3, -0.25) is 0 Å². The summed E-state index contributed by atoms with van der Waals surface area (Å²) in [5.41, 5.74) is 5.19. The van der Waals surface area contributed by atoms with Crippen LogP contribution < -0.4 is 9.64 Å². The summed E-state index contributed by atoms with van der Waals surface area (Å²) in [6.07, 6.45) is -1.79. The molecule has 44 heavy (non-hydrogen) atoms. The van der Waals surface area contributed by atoms with Crippen LogP contribution in [0.15, 0.2) is 89.1 Å². The molecule has 0 spiro atoms. The molecule has 0 unspecified atom stereocenters. The standard InChI is InChI=1S/C32H31F3N6O2S/c1-21(2)27-7-4-5-8-28(27)40-17-6-18-44-31(40)38-30(42)37-22(3)19-23-9-11-24(12-10-23)29-36-20-41(39-29)25-13-15-26(16-14-25)43-32(33,34)35/h4-5,7-16,20-21H,6,17-19H2,1-3H3. The van der Waals surface area contributed by atoms with Gasteiger partial charge in [-0.25, -0.2) is 19.5 Å². The monoisotopic (exact) mass is 620 g/mol. The van der Waals surface area contributed by atoms with Crippen LogP contribution in [0.4, 0.5) is 23.7 Å². The van der Waals surface area contributed by atoms with Crippen molar-refractivity contribution in [1.82, 2.24) is 14.8 Å². The Morgan fingerprint density at radius 3 is 2.48 bits per heavy atom. The van der Waals surface area contributed by atoms with Crippen LogP contribution in [0.1, 0.15) is 44.2 Å². The number of urea groups is 1. The highest BCUT2D eigenvalue weighted by atomic mass is 32.2. The van der Waals surface area contributed by atoms with Gasteiger partial charge in [0.05, 0.1) is 5.69 Å². The van der Waals surface area contributed by atoms with E-state index in [1.165, 1.54) is 40.8 Å². The van der Waals surface area contributed by atoms with Crippen molar-refractivity contribution in [3.05, 3.63) is 90.3 Å². The van der Waals surface area contributed by atoms with Gasteiger partial charge in [-0.2, -0.15) is 4.99 Å². The molecule has 2 heterocycles. The fourth-order valence-electron chi connectivity index (χ4n) is 4.79. The van der Waals surface area contributed by atoms with Crippen LogP contribution >= 0.6 is 11.8 Å². The van der Waals surface area contributed by atoms with Gasteiger partial charge in [0.1, 0.15) is 12.1 Å². The largest absolute Gasteiger partial charge is 0.573 e. The lowest BCUT2D eigenvalue weighted by Gasteiger charge is -2.31. The van der Waals surface area contributed by atoms with Gasteiger partial charge in [-0.05, 0) is 60.7 Å². The topological polar surface area (TPSA) is 85.0 Å². The average Bonchev–Trinajstić information content (AvgIpc) is 3.48. The molecule has 1 aliphatic rings. The lowest BCUT2D eigenvalue weighted by atomic mass is 10.0. The van der Waals surface area contributed by atoms with Gasteiger partial charge in [-0.1, -0.05) is 68.1 Å². The summed E-state index contributed by atoms with van der Waals surface area (Å²) in [5, 5.41) is 5.11. The van der Waals surface area contributed by atoms with E-state index in [4.69, 9.17) is 0 Å². The van der Waals surface area contributed by atoms with Crippen LogP contribution in [0.2, 0.25) is 0 Å². The molecule has 5 rings (SSSR count). The SMILES string of the molecule is CC(Cc1ccc(-c2ncn(-c3ccc(OC(F)(F)F)cc3)n2)cc1)=NC(=O)N=C1SCCCN1c1ccccc1C(C)C. The number of carbonyl (C=O) groups is 1. The molecule has 1 aliphatic heterocycles. The quantitative estimate of drug-likeness (QED) is 0.194. The molecule has 1 fully saturated rings. The van der Waals surface area contributed by atoms with E-state index in [9.17, 15) is 18.0 Å². The maximum atomic E-state index is 12.9. The van der Waals surface area contributed by atoms with Gasteiger partial charge < -0.3 is 9.64 Å². The van der Waals surface area contributed by atoms with Gasteiger partial charge >= 0.3 is 12.4 Å². The molecule has 0 radical (unpaired) electrons. The number of amides is 2. The molecule has 3 aromatic carbocycles. The molecule has 0 saturated carbocycles. The third-order valence-corrected chi connectivity index (χ3v) is 7.88. The first-order valence-corrected chi connectivity index (χ1v) is 15.1. The number of anilines is 1. The number of carbonyl (C=O) groups excluding carboxylic acids is 1. The zero-order chi connectivity index (χ0) is 31.3. The molecule has 12 heteroatoms. The first kappa shape index (κ1) is 31.0. The molecule has 1 saturated heterocycles. The second-order valence-corrected chi connectivity index (χ2v) is 11.6. The lowest BCUT2D eigenvalue weighted by Crippen LogP contribution is -2.35. The highest BCUT2D eigenvalue weighted by Gasteiger charge is 2.31. The van der Waals surface area contributed by atoms with Gasteiger partial charge in [0.15, 0.2) is 11.0 Å². The Labute approximate surface area is 257 Å². The molecule has 0 N–H and O–H groups in total. The fourth-order valence-corrected chi connectivity index (χ4v) is 5.74. The van der Waals surface area contributed by atoms with Crippen molar-refractivity contribution in [2.45, 2.75) is 45.9 Å². The van der Waals surface area contributed by atoms with Crippen LogP contribution in [0, 0.1) is 0 Å². The fraction of sp³-hybridized carbons (Fsp3) is 0.281. The number of rotatable bonds is 7. The van der Waals surface area contributed by atoms with Gasteiger partial charge in [-0.15, -0.1) is 18.3 Å². The second-order valence-electron chi connectivity index (χ2n) is 10.5. The zero-order valence-corrected chi connectivity index (χ0v) is 25.3. The highest BCUT2D eigenvalue weighted by molar-refractivity contribution is 8.14. The normalized spacial score (nSPS) is 15.2. The molecule has 0 aliphatic carbocycles. The minimum absolute atomic E-state index is 0.313. The summed E-state index contributed by atoms with van der Waals surface area (Å²) < 4.78 is 42.6. The van der Waals surface area contributed by atoms with E-state index in [2.05, 4.69) is 55.7 Å². The number of para-hydroxylation sites is 1. The first-order valence-electron chi connectivity index (χ1n) is 14.1. The van der Waals surface area contributed by atoms with E-state index >= 15 is 0 Å². The number of thioether (sulfide) groups is 1. The molecule has 1 aromatic heterocycles. The lowest BCUT2D eigenvalue weighted by molar-refractivity contribution is -0.274. The number of hydrogen-bond acceptors (Lipinski definition) is 5. The molecular weight excluding hydrogens is 589 g/mol. The Balaban J connectivity index is 1.23. The van der Waals surface area contributed by atoms with Crippen molar-refractivity contribution in [2.24, 2.45) is 9.98 Å². The average molecular weight is 621 g/mol. The van der Waals surface area contributed by atoms with Crippen molar-refractivity contribution in [2.75, 3.05) is 17.2 Å². The molecule has 8 nitrogen and oxygen atoms in total. The number of halogens is 3. The molecule has 228 valence electrons. The summed E-state index contributed by atoms with van der Waals surface area (Å²) in [4.78, 5) is 27.9. The van der Waals surface area contributed by atoms with Crippen molar-refractivity contribution >= 4 is 34.4 Å². The van der Waals surface area contributed by atoms with Gasteiger partial charge in [0, 0.05) is 35.7 Å². The maximum Gasteiger partial charge on any atom is 0.573 e. The van der Waals surface area contributed by atoms with Crippen LogP contribution in [0.25, 0.3) is 17.1 Å². The summed E-state index contributed by atoms with van der Waals surface area (Å²) in [6.45, 7) is 6.92. The number of alkyl halides is 3. The Morgan fingerprint density at radius 2 is 1.77 bits per heavy atom. The van der Waals surface area contributed by atoms with E-state index < -0.39 is 12.4 Å². The smallest absolute Gasteiger partial charge is 0.406 e. The third-order valence-electron chi connectivity index (χ3n) is 6.81. The molecule has 0 bridgehead atoms. The number of ether oxygens (including phenoxy) is 1. The van der Waals surface area contributed by atoms with Crippen molar-refractivity contribution in [3.63, 3.8) is 0 Å². The van der Waals surface area contributed by atoms with E-state index in [1.54, 1.807) is 18.7 Å². The Bertz CT molecular complexity index is 1660. The summed E-state index contributed by atoms with van der Waals surface area (Å²) in [6, 6.07) is 20.6. The number of hydrogen-bond donors (Lipinski definition) is 0. The number of aliphatic imine (C=N–C) groups is 2. The van der Waals surface area contributed by atoms with E-state index in [0.29, 0.717) is 34.7 Å². The predicted octanol–water partition coefficient (Wildman–Crippen LogP) is 8.08. The number of nitrogens with zero attached hydrogens (tertiary/aromatic N) is 6. The zero-order valence-electron chi connectivity index (χ0n) is 24.5. The Kier molecular flexibility index (Phi) is 9.48. The summed E-state index contributed by atoms with van der Waals surface area (Å²) in [5.74, 6) is 1.39. The van der Waals surface area contributed by atoms with Crippen molar-refractivity contribution < 1.29 is 22.7 Å². The predicted molar refractivity (Wildman–Crippen MR) is 168 cm³/mol. The minimum Gasteiger partial charge on any atom is -0.406 e. The minimum atomic E-state index is -4.75. The summed E-state index contributed by atoms with van der Waals surface area (Å²) >= 11 is 1.57. The van der Waals surface area contributed by atoms with E-state index in [-0.39, 0.29) is 5.75 Å². The van der Waals surface area contributed by atoms with Crippen LogP contribution in [-0.4, -0.2) is 50.3 Å². The number of amidine groups is 1. The van der Waals surface area contributed by atoms with Gasteiger partial charge in [0.2, 0.25) is 0 Å². The highest BCUT2D eigenvalue weighted by Crippen LogP contribution is 2.32. The van der Waals surface area contributed by atoms with Crippen molar-refractivity contribution in [3.8, 4) is 22.8 Å². The maximum absolute atomic E-state index is 12.9. The summed E-state index contributed by atoms with van der Waals surface area (Å²) in [7, 11) is 0. The molecule has 4 aromatic rings. The van der Waals surface area contributed by atoms with Crippen LogP contribution in [0.3, 0.4) is 0 Å². The van der Waals surface area contributed by atoms with Crippen LogP contribution in [-0.2, 0) is 6.42 Å². The number of aromatic nitrogens is 3. The Hall–Kier alpha value is -4.45.